The molecule has 0 unspecified atom stereocenters. The largest absolute Gasteiger partial charge is 0.384 e. The van der Waals surface area contributed by atoms with E-state index in [-0.39, 0.29) is 10.7 Å². The third-order valence-electron chi connectivity index (χ3n) is 2.40. The molecule has 0 bridgehead atoms. The highest BCUT2D eigenvalue weighted by Gasteiger charge is 2.14. The van der Waals surface area contributed by atoms with Crippen molar-refractivity contribution in [3.8, 4) is 11.1 Å². The number of nitrogens with two attached hydrogens (primary N) is 2. The van der Waals surface area contributed by atoms with Gasteiger partial charge in [-0.25, -0.2) is 18.4 Å². The minimum atomic E-state index is -3.40. The molecule has 2 aromatic rings. The van der Waals surface area contributed by atoms with E-state index in [1.807, 2.05) is 0 Å². The van der Waals surface area contributed by atoms with Crippen LogP contribution in [0.5, 0.6) is 0 Å². The first-order valence-corrected chi connectivity index (χ1v) is 6.94. The zero-order chi connectivity index (χ0) is 13.3. The Morgan fingerprint density at radius 3 is 2.28 bits per heavy atom. The quantitative estimate of drug-likeness (QED) is 0.826. The van der Waals surface area contributed by atoms with E-state index in [1.54, 1.807) is 18.3 Å². The van der Waals surface area contributed by atoms with Crippen LogP contribution in [0.2, 0.25) is 0 Å². The van der Waals surface area contributed by atoms with Crippen molar-refractivity contribution in [1.29, 1.82) is 0 Å². The fourth-order valence-electron chi connectivity index (χ4n) is 1.49. The van der Waals surface area contributed by atoms with Gasteiger partial charge in [-0.15, -0.1) is 0 Å². The predicted molar refractivity (Wildman–Crippen MR) is 69.4 cm³/mol. The third kappa shape index (κ3) is 2.40. The maximum Gasteiger partial charge on any atom is 0.179 e. The molecule has 6 nitrogen and oxygen atoms in total. The van der Waals surface area contributed by atoms with Crippen LogP contribution >= 0.6 is 0 Å². The average Bonchev–Trinajstić information content (AvgIpc) is 2.29. The molecule has 0 saturated carbocycles. The summed E-state index contributed by atoms with van der Waals surface area (Å²) >= 11 is 0. The Balaban J connectivity index is 2.57. The molecule has 0 atom stereocenters. The van der Waals surface area contributed by atoms with Crippen LogP contribution in [0.1, 0.15) is 0 Å². The van der Waals surface area contributed by atoms with E-state index in [9.17, 15) is 8.42 Å². The molecule has 0 aliphatic carbocycles. The van der Waals surface area contributed by atoms with Crippen LogP contribution in [0.25, 0.3) is 11.1 Å². The molecule has 94 valence electrons. The van der Waals surface area contributed by atoms with Crippen LogP contribution in [-0.2, 0) is 9.84 Å². The number of hydrogen-bond acceptors (Lipinski definition) is 6. The molecule has 0 aromatic carbocycles. The van der Waals surface area contributed by atoms with Crippen LogP contribution < -0.4 is 11.5 Å². The standard InChI is InChI=1S/C11H12N4O2S/c1-18(16,17)9-4-8(6-15-11(9)13)7-2-3-10(12)14-5-7/h2-6H,1H3,(H2,12,14)(H2,13,15). The van der Waals surface area contributed by atoms with E-state index in [0.29, 0.717) is 11.4 Å². The van der Waals surface area contributed by atoms with E-state index in [2.05, 4.69) is 9.97 Å². The fourth-order valence-corrected chi connectivity index (χ4v) is 2.26. The van der Waals surface area contributed by atoms with Gasteiger partial charge >= 0.3 is 0 Å². The highest BCUT2D eigenvalue weighted by molar-refractivity contribution is 7.90. The van der Waals surface area contributed by atoms with Crippen molar-refractivity contribution in [3.63, 3.8) is 0 Å². The summed E-state index contributed by atoms with van der Waals surface area (Å²) in [6, 6.07) is 4.85. The van der Waals surface area contributed by atoms with E-state index < -0.39 is 9.84 Å². The summed E-state index contributed by atoms with van der Waals surface area (Å²) in [5.74, 6) is 0.384. The molecule has 2 rings (SSSR count). The van der Waals surface area contributed by atoms with E-state index in [0.717, 1.165) is 11.8 Å². The van der Waals surface area contributed by atoms with Crippen LogP contribution in [0.4, 0.5) is 11.6 Å². The highest BCUT2D eigenvalue weighted by atomic mass is 32.2. The minimum Gasteiger partial charge on any atom is -0.384 e. The second kappa shape index (κ2) is 4.26. The Kier molecular flexibility index (Phi) is 2.92. The van der Waals surface area contributed by atoms with Gasteiger partial charge in [0.05, 0.1) is 0 Å². The Morgan fingerprint density at radius 1 is 1.06 bits per heavy atom. The maximum absolute atomic E-state index is 11.5. The van der Waals surface area contributed by atoms with Crippen molar-refractivity contribution in [3.05, 3.63) is 30.6 Å². The zero-order valence-corrected chi connectivity index (χ0v) is 10.5. The van der Waals surface area contributed by atoms with E-state index >= 15 is 0 Å². The van der Waals surface area contributed by atoms with Gasteiger partial charge in [0.25, 0.3) is 0 Å². The molecule has 0 radical (unpaired) electrons. The topological polar surface area (TPSA) is 112 Å². The molecular formula is C11H12N4O2S. The van der Waals surface area contributed by atoms with Gasteiger partial charge in [-0.05, 0) is 18.2 Å². The first kappa shape index (κ1) is 12.3. The predicted octanol–water partition coefficient (Wildman–Crippen LogP) is 0.712. The zero-order valence-electron chi connectivity index (χ0n) is 9.66. The maximum atomic E-state index is 11.5. The lowest BCUT2D eigenvalue weighted by atomic mass is 10.1. The first-order valence-electron chi connectivity index (χ1n) is 5.05. The molecule has 0 saturated heterocycles. The lowest BCUT2D eigenvalue weighted by Crippen LogP contribution is -2.04. The summed E-state index contributed by atoms with van der Waals surface area (Å²) in [6.07, 6.45) is 4.14. The second-order valence-corrected chi connectivity index (χ2v) is 5.84. The summed E-state index contributed by atoms with van der Waals surface area (Å²) in [5.41, 5.74) is 12.4. The highest BCUT2D eigenvalue weighted by Crippen LogP contribution is 2.24. The molecule has 0 fully saturated rings. The number of anilines is 2. The van der Waals surface area contributed by atoms with Gasteiger partial charge in [-0.3, -0.25) is 0 Å². The van der Waals surface area contributed by atoms with Crippen molar-refractivity contribution in [2.45, 2.75) is 4.90 Å². The monoisotopic (exact) mass is 264 g/mol. The number of sulfone groups is 1. The number of nitrogen functional groups attached to an aromatic ring is 2. The van der Waals surface area contributed by atoms with Crippen molar-refractivity contribution >= 4 is 21.5 Å². The van der Waals surface area contributed by atoms with Crippen molar-refractivity contribution in [1.82, 2.24) is 9.97 Å². The van der Waals surface area contributed by atoms with Crippen molar-refractivity contribution in [2.75, 3.05) is 17.7 Å². The smallest absolute Gasteiger partial charge is 0.179 e. The summed E-state index contributed by atoms with van der Waals surface area (Å²) in [7, 11) is -3.40. The second-order valence-electron chi connectivity index (χ2n) is 3.85. The summed E-state index contributed by atoms with van der Waals surface area (Å²) in [5, 5.41) is 0. The fraction of sp³-hybridized carbons (Fsp3) is 0.0909. The molecule has 0 aliphatic heterocycles. The number of pyridine rings is 2. The molecule has 2 aromatic heterocycles. The van der Waals surface area contributed by atoms with Gasteiger partial charge in [0.2, 0.25) is 0 Å². The Bertz CT molecular complexity index is 681. The number of nitrogens with zero attached hydrogens (tertiary/aromatic N) is 2. The van der Waals surface area contributed by atoms with Gasteiger partial charge < -0.3 is 11.5 Å². The van der Waals surface area contributed by atoms with Crippen LogP contribution in [-0.4, -0.2) is 24.6 Å². The van der Waals surface area contributed by atoms with E-state index in [4.69, 9.17) is 11.5 Å². The van der Waals surface area contributed by atoms with Crippen LogP contribution in [0.15, 0.2) is 35.5 Å². The van der Waals surface area contributed by atoms with Crippen LogP contribution in [0, 0.1) is 0 Å². The Labute approximate surface area is 105 Å². The Morgan fingerprint density at radius 2 is 1.72 bits per heavy atom. The molecule has 7 heteroatoms. The molecule has 4 N–H and O–H groups in total. The molecule has 0 aliphatic rings. The van der Waals surface area contributed by atoms with Gasteiger partial charge in [0.15, 0.2) is 9.84 Å². The number of aromatic nitrogens is 2. The molecular weight excluding hydrogens is 252 g/mol. The lowest BCUT2D eigenvalue weighted by molar-refractivity contribution is 0.602. The molecule has 18 heavy (non-hydrogen) atoms. The molecule has 2 heterocycles. The Hall–Kier alpha value is -2.15. The van der Waals surface area contributed by atoms with Crippen molar-refractivity contribution in [2.24, 2.45) is 0 Å². The normalized spacial score (nSPS) is 11.4. The van der Waals surface area contributed by atoms with Crippen molar-refractivity contribution < 1.29 is 8.42 Å². The average molecular weight is 264 g/mol. The van der Waals surface area contributed by atoms with Gasteiger partial charge in [-0.2, -0.15) is 0 Å². The van der Waals surface area contributed by atoms with Gasteiger partial charge in [0, 0.05) is 29.8 Å². The summed E-state index contributed by atoms with van der Waals surface area (Å²) < 4.78 is 23.1. The van der Waals surface area contributed by atoms with Gasteiger partial charge in [0.1, 0.15) is 16.5 Å². The number of hydrogen-bond donors (Lipinski definition) is 2. The summed E-state index contributed by atoms with van der Waals surface area (Å²) in [6.45, 7) is 0. The molecule has 0 spiro atoms. The SMILES string of the molecule is CS(=O)(=O)c1cc(-c2ccc(N)nc2)cnc1N. The van der Waals surface area contributed by atoms with Crippen LogP contribution in [0.3, 0.4) is 0 Å². The van der Waals surface area contributed by atoms with Gasteiger partial charge in [-0.1, -0.05) is 0 Å². The lowest BCUT2D eigenvalue weighted by Gasteiger charge is -2.06. The van der Waals surface area contributed by atoms with E-state index in [1.165, 1.54) is 12.3 Å². The molecule has 0 amide bonds. The third-order valence-corrected chi connectivity index (χ3v) is 3.53. The first-order chi connectivity index (χ1) is 8.38. The summed E-state index contributed by atoms with van der Waals surface area (Å²) in [4.78, 5) is 7.83. The number of rotatable bonds is 2. The minimum absolute atomic E-state index is 0.00958.